The van der Waals surface area contributed by atoms with Crippen LogP contribution in [0.1, 0.15) is 5.56 Å². The first-order chi connectivity index (χ1) is 11.2. The number of anilines is 1. The third kappa shape index (κ3) is 4.34. The standard InChI is InChI=1S/C17H12BrN3OS/c18-14-5-1-4-13(9-14)15-11-23-17(20-15)21-16(22)7-6-12-3-2-8-19-10-12/h1-11H,(H,20,21,22)/b7-6+. The zero-order chi connectivity index (χ0) is 16.1. The number of benzene rings is 1. The van der Waals surface area contributed by atoms with Gasteiger partial charge in [0.1, 0.15) is 0 Å². The van der Waals surface area contributed by atoms with Crippen molar-refractivity contribution in [2.24, 2.45) is 0 Å². The minimum absolute atomic E-state index is 0.219. The first-order valence-corrected chi connectivity index (χ1v) is 8.48. The fourth-order valence-corrected chi connectivity index (χ4v) is 3.03. The zero-order valence-corrected chi connectivity index (χ0v) is 14.3. The van der Waals surface area contributed by atoms with Gasteiger partial charge in [-0.15, -0.1) is 11.3 Å². The number of amides is 1. The Balaban J connectivity index is 1.67. The number of hydrogen-bond donors (Lipinski definition) is 1. The molecule has 0 aliphatic heterocycles. The average Bonchev–Trinajstić information content (AvgIpc) is 3.02. The Kier molecular flexibility index (Phi) is 4.95. The van der Waals surface area contributed by atoms with Crippen LogP contribution in [0.2, 0.25) is 0 Å². The summed E-state index contributed by atoms with van der Waals surface area (Å²) in [5.41, 5.74) is 2.71. The molecule has 23 heavy (non-hydrogen) atoms. The van der Waals surface area contributed by atoms with Crippen LogP contribution in [-0.2, 0) is 4.79 Å². The predicted molar refractivity (Wildman–Crippen MR) is 97.2 cm³/mol. The maximum absolute atomic E-state index is 11.9. The van der Waals surface area contributed by atoms with Crippen LogP contribution >= 0.6 is 27.3 Å². The molecule has 1 N–H and O–H groups in total. The van der Waals surface area contributed by atoms with Crippen molar-refractivity contribution in [2.75, 3.05) is 5.32 Å². The van der Waals surface area contributed by atoms with Crippen LogP contribution in [0.3, 0.4) is 0 Å². The lowest BCUT2D eigenvalue weighted by atomic mass is 10.2. The van der Waals surface area contributed by atoms with E-state index in [0.717, 1.165) is 21.3 Å². The van der Waals surface area contributed by atoms with Gasteiger partial charge in [0, 0.05) is 33.9 Å². The Morgan fingerprint density at radius 2 is 2.17 bits per heavy atom. The summed E-state index contributed by atoms with van der Waals surface area (Å²) < 4.78 is 0.994. The lowest BCUT2D eigenvalue weighted by molar-refractivity contribution is -0.111. The molecule has 6 heteroatoms. The fraction of sp³-hybridized carbons (Fsp3) is 0. The molecule has 4 nitrogen and oxygen atoms in total. The van der Waals surface area contributed by atoms with Crippen LogP contribution in [-0.4, -0.2) is 15.9 Å². The molecule has 0 aliphatic rings. The molecule has 0 bridgehead atoms. The van der Waals surface area contributed by atoms with E-state index in [2.05, 4.69) is 31.2 Å². The molecule has 0 atom stereocenters. The van der Waals surface area contributed by atoms with E-state index in [4.69, 9.17) is 0 Å². The minimum Gasteiger partial charge on any atom is -0.298 e. The SMILES string of the molecule is O=C(/C=C/c1cccnc1)Nc1nc(-c2cccc(Br)c2)cs1. The van der Waals surface area contributed by atoms with E-state index in [-0.39, 0.29) is 5.91 Å². The second-order valence-electron chi connectivity index (χ2n) is 4.66. The molecule has 0 saturated heterocycles. The van der Waals surface area contributed by atoms with Crippen molar-refractivity contribution < 1.29 is 4.79 Å². The Labute approximate surface area is 146 Å². The molecule has 0 fully saturated rings. The van der Waals surface area contributed by atoms with E-state index < -0.39 is 0 Å². The third-order valence-corrected chi connectivity index (χ3v) is 4.22. The summed E-state index contributed by atoms with van der Waals surface area (Å²) in [5.74, 6) is -0.219. The fourth-order valence-electron chi connectivity index (χ4n) is 1.91. The quantitative estimate of drug-likeness (QED) is 0.666. The number of rotatable bonds is 4. The van der Waals surface area contributed by atoms with Crippen molar-refractivity contribution in [3.8, 4) is 11.3 Å². The highest BCUT2D eigenvalue weighted by molar-refractivity contribution is 9.10. The molecule has 1 aromatic carbocycles. The summed E-state index contributed by atoms with van der Waals surface area (Å²) in [6.07, 6.45) is 6.57. The third-order valence-electron chi connectivity index (χ3n) is 2.97. The smallest absolute Gasteiger partial charge is 0.250 e. The van der Waals surface area contributed by atoms with Crippen molar-refractivity contribution >= 4 is 44.4 Å². The summed E-state index contributed by atoms with van der Waals surface area (Å²) in [7, 11) is 0. The molecule has 1 amide bonds. The van der Waals surface area contributed by atoms with Crippen molar-refractivity contribution in [1.29, 1.82) is 0 Å². The maximum Gasteiger partial charge on any atom is 0.250 e. The monoisotopic (exact) mass is 385 g/mol. The van der Waals surface area contributed by atoms with Gasteiger partial charge in [-0.3, -0.25) is 15.1 Å². The molecule has 0 aliphatic carbocycles. The van der Waals surface area contributed by atoms with Crippen LogP contribution in [0.15, 0.2) is 64.7 Å². The van der Waals surface area contributed by atoms with Crippen LogP contribution in [0, 0.1) is 0 Å². The lowest BCUT2D eigenvalue weighted by Gasteiger charge is -1.98. The topological polar surface area (TPSA) is 54.9 Å². The van der Waals surface area contributed by atoms with Gasteiger partial charge in [0.05, 0.1) is 5.69 Å². The minimum atomic E-state index is -0.219. The molecule has 3 rings (SSSR count). The molecule has 2 heterocycles. The van der Waals surface area contributed by atoms with E-state index in [9.17, 15) is 4.79 Å². The zero-order valence-electron chi connectivity index (χ0n) is 11.9. The molecular weight excluding hydrogens is 374 g/mol. The number of thiazole rings is 1. The number of carbonyl (C=O) groups excluding carboxylic acids is 1. The first kappa shape index (κ1) is 15.6. The molecule has 2 aromatic heterocycles. The summed E-state index contributed by atoms with van der Waals surface area (Å²) in [6.45, 7) is 0. The summed E-state index contributed by atoms with van der Waals surface area (Å²) in [5, 5.41) is 5.26. The van der Waals surface area contributed by atoms with Gasteiger partial charge in [-0.1, -0.05) is 34.1 Å². The van der Waals surface area contributed by atoms with Crippen LogP contribution < -0.4 is 5.32 Å². The van der Waals surface area contributed by atoms with E-state index in [1.807, 2.05) is 41.8 Å². The van der Waals surface area contributed by atoms with Gasteiger partial charge in [0.15, 0.2) is 5.13 Å². The highest BCUT2D eigenvalue weighted by atomic mass is 79.9. The highest BCUT2D eigenvalue weighted by Gasteiger charge is 2.06. The van der Waals surface area contributed by atoms with Gasteiger partial charge in [0.2, 0.25) is 5.91 Å². The molecule has 114 valence electrons. The Bertz CT molecular complexity index is 846. The predicted octanol–water partition coefficient (Wildman–Crippen LogP) is 4.62. The summed E-state index contributed by atoms with van der Waals surface area (Å²) >= 11 is 4.84. The van der Waals surface area contributed by atoms with Gasteiger partial charge in [-0.25, -0.2) is 4.98 Å². The van der Waals surface area contributed by atoms with Gasteiger partial charge in [-0.2, -0.15) is 0 Å². The molecule has 0 radical (unpaired) electrons. The number of nitrogens with zero attached hydrogens (tertiary/aromatic N) is 2. The van der Waals surface area contributed by atoms with E-state index in [1.165, 1.54) is 17.4 Å². The second-order valence-corrected chi connectivity index (χ2v) is 6.43. The van der Waals surface area contributed by atoms with Crippen molar-refractivity contribution in [1.82, 2.24) is 9.97 Å². The first-order valence-electron chi connectivity index (χ1n) is 6.81. The van der Waals surface area contributed by atoms with Crippen LogP contribution in [0.4, 0.5) is 5.13 Å². The molecule has 3 aromatic rings. The molecule has 0 saturated carbocycles. The van der Waals surface area contributed by atoms with Crippen LogP contribution in [0.25, 0.3) is 17.3 Å². The number of nitrogens with one attached hydrogen (secondary N) is 1. The maximum atomic E-state index is 11.9. The number of carbonyl (C=O) groups is 1. The van der Waals surface area contributed by atoms with Gasteiger partial charge >= 0.3 is 0 Å². The van der Waals surface area contributed by atoms with Crippen molar-refractivity contribution in [2.45, 2.75) is 0 Å². The molecular formula is C17H12BrN3OS. The lowest BCUT2D eigenvalue weighted by Crippen LogP contribution is -2.07. The highest BCUT2D eigenvalue weighted by Crippen LogP contribution is 2.26. The number of hydrogen-bond acceptors (Lipinski definition) is 4. The summed E-state index contributed by atoms with van der Waals surface area (Å²) in [6, 6.07) is 11.6. The van der Waals surface area contributed by atoms with E-state index in [0.29, 0.717) is 5.13 Å². The Morgan fingerprint density at radius 1 is 1.26 bits per heavy atom. The number of pyridine rings is 1. The molecule has 0 spiro atoms. The van der Waals surface area contributed by atoms with Crippen molar-refractivity contribution in [3.63, 3.8) is 0 Å². The number of halogens is 1. The largest absolute Gasteiger partial charge is 0.298 e. The summed E-state index contributed by atoms with van der Waals surface area (Å²) in [4.78, 5) is 20.4. The molecule has 0 unspecified atom stereocenters. The number of aromatic nitrogens is 2. The average molecular weight is 386 g/mol. The van der Waals surface area contributed by atoms with Crippen molar-refractivity contribution in [3.05, 3.63) is 70.3 Å². The Hall–Kier alpha value is -2.31. The van der Waals surface area contributed by atoms with Gasteiger partial charge in [0.25, 0.3) is 0 Å². The Morgan fingerprint density at radius 3 is 2.96 bits per heavy atom. The van der Waals surface area contributed by atoms with Crippen LogP contribution in [0.5, 0.6) is 0 Å². The van der Waals surface area contributed by atoms with Gasteiger partial charge < -0.3 is 0 Å². The van der Waals surface area contributed by atoms with E-state index >= 15 is 0 Å². The normalized spacial score (nSPS) is 10.8. The second kappa shape index (κ2) is 7.30. The van der Waals surface area contributed by atoms with E-state index in [1.54, 1.807) is 18.5 Å². The van der Waals surface area contributed by atoms with Gasteiger partial charge in [-0.05, 0) is 29.8 Å².